The van der Waals surface area contributed by atoms with Gasteiger partial charge in [-0.1, -0.05) is 0 Å². The van der Waals surface area contributed by atoms with E-state index >= 15 is 0 Å². The number of fused-ring (bicyclic) bond motifs is 1. The first kappa shape index (κ1) is 30.2. The number of rotatable bonds is 7. The molecule has 2 aliphatic heterocycles. The average Bonchev–Trinajstić information content (AvgIpc) is 2.97. The minimum Gasteiger partial charge on any atom is -0.507 e. The van der Waals surface area contributed by atoms with E-state index in [9.17, 15) is 40.5 Å². The van der Waals surface area contributed by atoms with Crippen LogP contribution in [0.3, 0.4) is 0 Å². The zero-order chi connectivity index (χ0) is 30.3. The normalized spacial score (nSPS) is 33.4. The summed E-state index contributed by atoms with van der Waals surface area (Å²) in [7, 11) is 1.52. The van der Waals surface area contributed by atoms with Crippen LogP contribution >= 0.6 is 0 Å². The van der Waals surface area contributed by atoms with Crippen molar-refractivity contribution >= 4 is 11.0 Å². The van der Waals surface area contributed by atoms with E-state index in [2.05, 4.69) is 0 Å². The Balaban J connectivity index is 1.35. The summed E-state index contributed by atoms with van der Waals surface area (Å²) in [4.78, 5) is 12.8. The average molecular weight is 593 g/mol. The highest BCUT2D eigenvalue weighted by Gasteiger charge is 2.47. The lowest BCUT2D eigenvalue weighted by molar-refractivity contribution is -0.318. The Morgan fingerprint density at radius 1 is 0.786 bits per heavy atom. The van der Waals surface area contributed by atoms with Crippen molar-refractivity contribution in [1.82, 2.24) is 0 Å². The van der Waals surface area contributed by atoms with Crippen LogP contribution in [0.2, 0.25) is 0 Å². The number of aromatic hydroxyl groups is 1. The highest BCUT2D eigenvalue weighted by molar-refractivity contribution is 5.86. The summed E-state index contributed by atoms with van der Waals surface area (Å²) in [6.07, 6.45) is -14.8. The van der Waals surface area contributed by atoms with Gasteiger partial charge in [0.2, 0.25) is 6.29 Å². The Hall–Kier alpha value is -3.31. The van der Waals surface area contributed by atoms with Crippen LogP contribution in [-0.2, 0) is 14.2 Å². The number of methoxy groups -OCH3 is 1. The van der Waals surface area contributed by atoms with Crippen molar-refractivity contribution in [1.29, 1.82) is 0 Å². The lowest BCUT2D eigenvalue weighted by atomic mass is 9.98. The van der Waals surface area contributed by atoms with Crippen LogP contribution < -0.4 is 14.9 Å². The monoisotopic (exact) mass is 592 g/mol. The molecule has 2 aliphatic rings. The van der Waals surface area contributed by atoms with Crippen molar-refractivity contribution in [2.75, 3.05) is 13.7 Å². The van der Waals surface area contributed by atoms with Crippen LogP contribution in [0.4, 0.5) is 0 Å². The van der Waals surface area contributed by atoms with Crippen LogP contribution in [0.15, 0.2) is 51.7 Å². The van der Waals surface area contributed by atoms with Gasteiger partial charge in [0.15, 0.2) is 11.7 Å². The Morgan fingerprint density at radius 3 is 2.14 bits per heavy atom. The fourth-order valence-electron chi connectivity index (χ4n) is 4.84. The predicted octanol–water partition coefficient (Wildman–Crippen LogP) is -0.795. The molecule has 3 aromatic rings. The Kier molecular flexibility index (Phi) is 8.71. The van der Waals surface area contributed by atoms with Gasteiger partial charge in [0.1, 0.15) is 76.7 Å². The zero-order valence-corrected chi connectivity index (χ0v) is 22.5. The van der Waals surface area contributed by atoms with E-state index in [1.54, 1.807) is 24.3 Å². The number of hydrogen-bond acceptors (Lipinski definition) is 14. The van der Waals surface area contributed by atoms with Crippen molar-refractivity contribution in [3.63, 3.8) is 0 Å². The summed E-state index contributed by atoms with van der Waals surface area (Å²) >= 11 is 0. The van der Waals surface area contributed by atoms with Gasteiger partial charge in [-0.15, -0.1) is 0 Å². The van der Waals surface area contributed by atoms with Gasteiger partial charge in [0, 0.05) is 23.8 Å². The molecule has 10 atom stereocenters. The number of ether oxygens (including phenoxy) is 5. The number of aliphatic hydroxyl groups is 6. The van der Waals surface area contributed by atoms with Crippen molar-refractivity contribution in [3.8, 4) is 28.6 Å². The summed E-state index contributed by atoms with van der Waals surface area (Å²) in [6, 6.07) is 10.4. The molecule has 14 nitrogen and oxygen atoms in total. The third-order valence-electron chi connectivity index (χ3n) is 7.31. The Morgan fingerprint density at radius 2 is 1.45 bits per heavy atom. The van der Waals surface area contributed by atoms with E-state index in [0.29, 0.717) is 11.3 Å². The molecule has 0 unspecified atom stereocenters. The fourth-order valence-corrected chi connectivity index (χ4v) is 4.84. The highest BCUT2D eigenvalue weighted by Crippen LogP contribution is 2.34. The second kappa shape index (κ2) is 12.1. The number of phenolic OH excluding ortho intramolecular Hbond substituents is 1. The zero-order valence-electron chi connectivity index (χ0n) is 22.5. The van der Waals surface area contributed by atoms with Gasteiger partial charge < -0.3 is 63.8 Å². The van der Waals surface area contributed by atoms with Gasteiger partial charge in [-0.3, -0.25) is 4.79 Å². The molecule has 42 heavy (non-hydrogen) atoms. The van der Waals surface area contributed by atoms with Crippen molar-refractivity contribution < 1.29 is 63.8 Å². The molecule has 2 saturated heterocycles. The summed E-state index contributed by atoms with van der Waals surface area (Å²) < 4.78 is 33.2. The lowest BCUT2D eigenvalue weighted by Gasteiger charge is -2.42. The minimum absolute atomic E-state index is 0.0348. The largest absolute Gasteiger partial charge is 0.507 e. The molecule has 0 aliphatic carbocycles. The van der Waals surface area contributed by atoms with E-state index in [1.807, 2.05) is 0 Å². The molecule has 0 spiro atoms. The second-order valence-corrected chi connectivity index (χ2v) is 10.2. The number of phenols is 1. The molecule has 228 valence electrons. The van der Waals surface area contributed by atoms with Crippen molar-refractivity contribution in [2.24, 2.45) is 0 Å². The van der Waals surface area contributed by atoms with E-state index in [-0.39, 0.29) is 22.5 Å². The molecule has 7 N–H and O–H groups in total. The lowest BCUT2D eigenvalue weighted by Crippen LogP contribution is -2.61. The predicted molar refractivity (Wildman–Crippen MR) is 142 cm³/mol. The molecule has 2 fully saturated rings. The quantitative estimate of drug-likeness (QED) is 0.179. The van der Waals surface area contributed by atoms with Crippen LogP contribution in [0.1, 0.15) is 6.92 Å². The molecule has 0 saturated carbocycles. The van der Waals surface area contributed by atoms with E-state index in [4.69, 9.17) is 28.1 Å². The molecular formula is C28H32O14. The SMILES string of the molecule is COc1ccc(-c2cc(=O)c3c(O)cc(O[C@@H]4O[C@@H](CO[C@@H]5O[C@@H](C)[C@H](O)[C@H](O)[C@@H]5O)[C@@H](O)[C@H](O)[C@@H]4O)cc3o2)cc1. The van der Waals surface area contributed by atoms with Gasteiger partial charge >= 0.3 is 0 Å². The standard InChI is InChI=1S/C28H32O14/c1-11-21(31)23(33)25(35)27(39-11)38-10-19-22(32)24(34)26(36)28(42-19)40-14-7-15(29)20-16(30)9-17(41-18(20)8-14)12-3-5-13(37-2)6-4-12/h3-9,11,19,21-29,31-36H,10H2,1-2H3/t11-,19-,21-,22+,23-,24-,25-,26-,27+,28+/m0/s1. The first-order chi connectivity index (χ1) is 20.0. The number of benzene rings is 2. The third-order valence-corrected chi connectivity index (χ3v) is 7.31. The van der Waals surface area contributed by atoms with E-state index in [1.165, 1.54) is 26.2 Å². The maximum atomic E-state index is 12.8. The van der Waals surface area contributed by atoms with Gasteiger partial charge in [-0.05, 0) is 31.2 Å². The minimum atomic E-state index is -1.76. The van der Waals surface area contributed by atoms with Gasteiger partial charge in [-0.2, -0.15) is 0 Å². The van der Waals surface area contributed by atoms with Gasteiger partial charge in [-0.25, -0.2) is 0 Å². The summed E-state index contributed by atoms with van der Waals surface area (Å²) in [5.41, 5.74) is 0.0115. The van der Waals surface area contributed by atoms with Crippen LogP contribution in [0, 0.1) is 0 Å². The third kappa shape index (κ3) is 5.81. The smallest absolute Gasteiger partial charge is 0.229 e. The maximum absolute atomic E-state index is 12.8. The molecule has 0 radical (unpaired) electrons. The van der Waals surface area contributed by atoms with Gasteiger partial charge in [0.25, 0.3) is 0 Å². The molecule has 0 bridgehead atoms. The number of hydrogen-bond donors (Lipinski definition) is 7. The first-order valence-corrected chi connectivity index (χ1v) is 13.1. The molecule has 14 heteroatoms. The second-order valence-electron chi connectivity index (χ2n) is 10.2. The summed E-state index contributed by atoms with van der Waals surface area (Å²) in [5, 5.41) is 71.9. The van der Waals surface area contributed by atoms with Crippen molar-refractivity contribution in [2.45, 2.75) is 68.3 Å². The van der Waals surface area contributed by atoms with Crippen molar-refractivity contribution in [3.05, 3.63) is 52.7 Å². The molecule has 2 aromatic carbocycles. The fraction of sp³-hybridized carbons (Fsp3) is 0.464. The molecule has 0 amide bonds. The van der Waals surface area contributed by atoms with Crippen LogP contribution in [-0.4, -0.2) is 111 Å². The molecule has 5 rings (SSSR count). The van der Waals surface area contributed by atoms with E-state index < -0.39 is 79.2 Å². The maximum Gasteiger partial charge on any atom is 0.229 e. The highest BCUT2D eigenvalue weighted by atomic mass is 16.7. The van der Waals surface area contributed by atoms with Crippen LogP contribution in [0.5, 0.6) is 17.2 Å². The van der Waals surface area contributed by atoms with E-state index in [0.717, 1.165) is 6.07 Å². The summed E-state index contributed by atoms with van der Waals surface area (Å²) in [5.74, 6) is 0.238. The summed E-state index contributed by atoms with van der Waals surface area (Å²) in [6.45, 7) is 0.984. The topological polar surface area (TPSA) is 218 Å². The molecule has 3 heterocycles. The Bertz CT molecular complexity index is 1440. The Labute approximate surface area is 238 Å². The number of aliphatic hydroxyl groups excluding tert-OH is 6. The molecule has 1 aromatic heterocycles. The molecular weight excluding hydrogens is 560 g/mol. The van der Waals surface area contributed by atoms with Crippen LogP contribution in [0.25, 0.3) is 22.3 Å². The first-order valence-electron chi connectivity index (χ1n) is 13.1. The van der Waals surface area contributed by atoms with Gasteiger partial charge in [0.05, 0.1) is 19.8 Å².